The minimum atomic E-state index is -0.167. The van der Waals surface area contributed by atoms with Gasteiger partial charge in [-0.15, -0.1) is 0 Å². The van der Waals surface area contributed by atoms with E-state index in [0.29, 0.717) is 23.6 Å². The zero-order chi connectivity index (χ0) is 14.4. The monoisotopic (exact) mass is 275 g/mol. The number of rotatable bonds is 7. The van der Waals surface area contributed by atoms with Crippen molar-refractivity contribution in [2.75, 3.05) is 13.7 Å². The Kier molecular flexibility index (Phi) is 5.04. The highest BCUT2D eigenvalue weighted by atomic mass is 16.5. The highest BCUT2D eigenvalue weighted by molar-refractivity contribution is 5.97. The highest BCUT2D eigenvalue weighted by Crippen LogP contribution is 2.28. The van der Waals surface area contributed by atoms with Crippen LogP contribution < -0.4 is 10.1 Å². The summed E-state index contributed by atoms with van der Waals surface area (Å²) in [6.07, 6.45) is 4.54. The predicted molar refractivity (Wildman–Crippen MR) is 79.2 cm³/mol. The molecule has 0 saturated carbocycles. The lowest BCUT2D eigenvalue weighted by Gasteiger charge is -2.02. The first kappa shape index (κ1) is 14.4. The van der Waals surface area contributed by atoms with Gasteiger partial charge in [0.05, 0.1) is 7.11 Å². The largest absolute Gasteiger partial charge is 0.493 e. The molecule has 0 atom stereocenters. The van der Waals surface area contributed by atoms with Crippen LogP contribution >= 0.6 is 0 Å². The maximum Gasteiger partial charge on any atom is 0.287 e. The predicted octanol–water partition coefficient (Wildman–Crippen LogP) is 3.75. The third-order valence-electron chi connectivity index (χ3n) is 3.27. The van der Waals surface area contributed by atoms with Gasteiger partial charge in [0.2, 0.25) is 0 Å². The maximum absolute atomic E-state index is 12.0. The summed E-state index contributed by atoms with van der Waals surface area (Å²) >= 11 is 0. The van der Waals surface area contributed by atoms with E-state index in [1.165, 1.54) is 12.8 Å². The van der Waals surface area contributed by atoms with Crippen molar-refractivity contribution in [2.45, 2.75) is 32.6 Å². The molecule has 0 saturated heterocycles. The molecule has 0 aliphatic carbocycles. The third-order valence-corrected chi connectivity index (χ3v) is 3.27. The van der Waals surface area contributed by atoms with Gasteiger partial charge in [0, 0.05) is 11.9 Å². The fourth-order valence-corrected chi connectivity index (χ4v) is 2.15. The lowest BCUT2D eigenvalue weighted by molar-refractivity contribution is 0.0927. The molecule has 0 aliphatic heterocycles. The molecule has 1 heterocycles. The molecule has 20 heavy (non-hydrogen) atoms. The van der Waals surface area contributed by atoms with Crippen molar-refractivity contribution in [1.29, 1.82) is 0 Å². The number of carbonyl (C=O) groups is 1. The number of benzene rings is 1. The van der Waals surface area contributed by atoms with Crippen molar-refractivity contribution in [2.24, 2.45) is 0 Å². The average Bonchev–Trinajstić information content (AvgIpc) is 2.90. The van der Waals surface area contributed by atoms with Crippen molar-refractivity contribution < 1.29 is 13.9 Å². The van der Waals surface area contributed by atoms with Crippen LogP contribution in [-0.4, -0.2) is 19.6 Å². The Labute approximate surface area is 119 Å². The van der Waals surface area contributed by atoms with Gasteiger partial charge in [-0.05, 0) is 18.6 Å². The van der Waals surface area contributed by atoms with Crippen molar-refractivity contribution in [3.8, 4) is 5.75 Å². The van der Waals surface area contributed by atoms with E-state index < -0.39 is 0 Å². The van der Waals surface area contributed by atoms with Crippen LogP contribution in [0.2, 0.25) is 0 Å². The molecule has 2 rings (SSSR count). The highest BCUT2D eigenvalue weighted by Gasteiger charge is 2.14. The van der Waals surface area contributed by atoms with Gasteiger partial charge in [0.25, 0.3) is 5.91 Å². The minimum absolute atomic E-state index is 0.167. The van der Waals surface area contributed by atoms with E-state index >= 15 is 0 Å². The first-order valence-electron chi connectivity index (χ1n) is 7.11. The average molecular weight is 275 g/mol. The molecule has 0 unspecified atom stereocenters. The Morgan fingerprint density at radius 3 is 2.90 bits per heavy atom. The number of hydrogen-bond acceptors (Lipinski definition) is 3. The van der Waals surface area contributed by atoms with Crippen LogP contribution in [-0.2, 0) is 0 Å². The molecule has 1 aromatic heterocycles. The number of nitrogens with one attached hydrogen (secondary N) is 1. The molecular formula is C16H21NO3. The van der Waals surface area contributed by atoms with Gasteiger partial charge in [-0.3, -0.25) is 4.79 Å². The molecule has 0 bridgehead atoms. The summed E-state index contributed by atoms with van der Waals surface area (Å²) in [4.78, 5) is 12.0. The molecule has 0 radical (unpaired) electrons. The van der Waals surface area contributed by atoms with Crippen LogP contribution in [0.25, 0.3) is 11.0 Å². The summed E-state index contributed by atoms with van der Waals surface area (Å²) in [6.45, 7) is 2.85. The summed E-state index contributed by atoms with van der Waals surface area (Å²) in [5, 5.41) is 3.76. The van der Waals surface area contributed by atoms with E-state index in [1.807, 2.05) is 18.2 Å². The normalized spacial score (nSPS) is 10.7. The minimum Gasteiger partial charge on any atom is -0.493 e. The van der Waals surface area contributed by atoms with Crippen LogP contribution in [0.4, 0.5) is 0 Å². The van der Waals surface area contributed by atoms with Gasteiger partial charge in [0.1, 0.15) is 0 Å². The standard InChI is InChI=1S/C16H21NO3/c1-3-4-5-6-10-17-16(18)14-11-12-8-7-9-13(19-2)15(12)20-14/h7-9,11H,3-6,10H2,1-2H3,(H,17,18). The van der Waals surface area contributed by atoms with Crippen molar-refractivity contribution in [3.05, 3.63) is 30.0 Å². The maximum atomic E-state index is 12.0. The third kappa shape index (κ3) is 3.32. The summed E-state index contributed by atoms with van der Waals surface area (Å²) in [6, 6.07) is 7.35. The second-order valence-corrected chi connectivity index (χ2v) is 4.81. The van der Waals surface area contributed by atoms with Crippen molar-refractivity contribution in [3.63, 3.8) is 0 Å². The Balaban J connectivity index is 2.00. The second-order valence-electron chi connectivity index (χ2n) is 4.81. The number of furan rings is 1. The Morgan fingerprint density at radius 2 is 2.15 bits per heavy atom. The number of unbranched alkanes of at least 4 members (excludes halogenated alkanes) is 3. The zero-order valence-electron chi connectivity index (χ0n) is 12.1. The Morgan fingerprint density at radius 1 is 1.30 bits per heavy atom. The van der Waals surface area contributed by atoms with Crippen molar-refractivity contribution in [1.82, 2.24) is 5.32 Å². The molecule has 4 heteroatoms. The quantitative estimate of drug-likeness (QED) is 0.783. The SMILES string of the molecule is CCCCCCNC(=O)c1cc2cccc(OC)c2o1. The lowest BCUT2D eigenvalue weighted by atomic mass is 10.2. The van der Waals surface area contributed by atoms with E-state index in [9.17, 15) is 4.79 Å². The number of ether oxygens (including phenoxy) is 1. The first-order valence-corrected chi connectivity index (χ1v) is 7.11. The molecule has 2 aromatic rings. The molecule has 1 aromatic carbocycles. The van der Waals surface area contributed by atoms with E-state index in [0.717, 1.165) is 18.2 Å². The summed E-state index contributed by atoms with van der Waals surface area (Å²) in [5.41, 5.74) is 0.617. The van der Waals surface area contributed by atoms with E-state index in [-0.39, 0.29) is 5.91 Å². The van der Waals surface area contributed by atoms with E-state index in [1.54, 1.807) is 13.2 Å². The molecule has 108 valence electrons. The topological polar surface area (TPSA) is 51.5 Å². The second kappa shape index (κ2) is 6.98. The number of methoxy groups -OCH3 is 1. The number of amides is 1. The van der Waals surface area contributed by atoms with Gasteiger partial charge in [-0.25, -0.2) is 0 Å². The van der Waals surface area contributed by atoms with Crippen LogP contribution in [0.5, 0.6) is 5.75 Å². The van der Waals surface area contributed by atoms with Crippen molar-refractivity contribution >= 4 is 16.9 Å². The molecule has 1 N–H and O–H groups in total. The zero-order valence-corrected chi connectivity index (χ0v) is 12.1. The summed E-state index contributed by atoms with van der Waals surface area (Å²) < 4.78 is 10.8. The number of para-hydroxylation sites is 1. The van der Waals surface area contributed by atoms with Gasteiger partial charge in [0.15, 0.2) is 17.1 Å². The lowest BCUT2D eigenvalue weighted by Crippen LogP contribution is -2.23. The Bertz CT molecular complexity index is 574. The van der Waals surface area contributed by atoms with Crippen LogP contribution in [0.15, 0.2) is 28.7 Å². The molecule has 4 nitrogen and oxygen atoms in total. The van der Waals surface area contributed by atoms with Crippen LogP contribution in [0, 0.1) is 0 Å². The molecule has 0 aliphatic rings. The van der Waals surface area contributed by atoms with E-state index in [4.69, 9.17) is 9.15 Å². The number of carbonyl (C=O) groups excluding carboxylic acids is 1. The first-order chi connectivity index (χ1) is 9.76. The molecule has 0 spiro atoms. The molecule has 0 fully saturated rings. The number of fused-ring (bicyclic) bond motifs is 1. The fraction of sp³-hybridized carbons (Fsp3) is 0.438. The summed E-state index contributed by atoms with van der Waals surface area (Å²) in [7, 11) is 1.59. The summed E-state index contributed by atoms with van der Waals surface area (Å²) in [5.74, 6) is 0.809. The number of hydrogen-bond donors (Lipinski definition) is 1. The van der Waals surface area contributed by atoms with Crippen LogP contribution in [0.3, 0.4) is 0 Å². The Hall–Kier alpha value is -1.97. The van der Waals surface area contributed by atoms with E-state index in [2.05, 4.69) is 12.2 Å². The van der Waals surface area contributed by atoms with Gasteiger partial charge < -0.3 is 14.5 Å². The van der Waals surface area contributed by atoms with Gasteiger partial charge >= 0.3 is 0 Å². The van der Waals surface area contributed by atoms with Gasteiger partial charge in [-0.2, -0.15) is 0 Å². The van der Waals surface area contributed by atoms with Gasteiger partial charge in [-0.1, -0.05) is 38.3 Å². The van der Waals surface area contributed by atoms with Crippen LogP contribution in [0.1, 0.15) is 43.2 Å². The fourth-order valence-electron chi connectivity index (χ4n) is 2.15. The smallest absolute Gasteiger partial charge is 0.287 e. The molecule has 1 amide bonds. The molecular weight excluding hydrogens is 254 g/mol.